The Morgan fingerprint density at radius 2 is 1.91 bits per heavy atom. The highest BCUT2D eigenvalue weighted by molar-refractivity contribution is 6.36. The van der Waals surface area contributed by atoms with Gasteiger partial charge in [0.25, 0.3) is 5.91 Å². The van der Waals surface area contributed by atoms with Gasteiger partial charge in [0.15, 0.2) is 11.5 Å². The second kappa shape index (κ2) is 11.7. The number of halogens is 2. The third kappa shape index (κ3) is 6.63. The van der Waals surface area contributed by atoms with Crippen molar-refractivity contribution in [3.63, 3.8) is 0 Å². The number of carbonyl (C=O) groups is 2. The van der Waals surface area contributed by atoms with Crippen molar-refractivity contribution in [1.29, 1.82) is 0 Å². The molecular weight excluding hydrogens is 489 g/mol. The number of ether oxygens (including phenoxy) is 1. The molecule has 0 unspecified atom stereocenters. The van der Waals surface area contributed by atoms with Gasteiger partial charge in [0.1, 0.15) is 0 Å². The minimum Gasteiger partial charge on any atom is -0.376 e. The lowest BCUT2D eigenvalue weighted by Crippen LogP contribution is -2.40. The van der Waals surface area contributed by atoms with Crippen molar-refractivity contribution >= 4 is 35.0 Å². The first-order chi connectivity index (χ1) is 16.9. The molecule has 0 saturated carbocycles. The first-order valence-corrected chi connectivity index (χ1v) is 12.3. The largest absolute Gasteiger partial charge is 0.376 e. The van der Waals surface area contributed by atoms with Crippen LogP contribution in [0.2, 0.25) is 10.0 Å². The Morgan fingerprint density at radius 1 is 1.11 bits per heavy atom. The number of hydrogen-bond donors (Lipinski definition) is 0. The van der Waals surface area contributed by atoms with Gasteiger partial charge in [-0.15, -0.1) is 0 Å². The zero-order valence-electron chi connectivity index (χ0n) is 19.5. The quantitative estimate of drug-likeness (QED) is 0.385. The van der Waals surface area contributed by atoms with Crippen molar-refractivity contribution in [2.24, 2.45) is 0 Å². The monoisotopic (exact) mass is 515 g/mol. The number of aromatic nitrogens is 1. The van der Waals surface area contributed by atoms with E-state index in [-0.39, 0.29) is 36.6 Å². The predicted molar refractivity (Wildman–Crippen MR) is 134 cm³/mol. The molecule has 1 aliphatic heterocycles. The molecule has 0 radical (unpaired) electrons. The van der Waals surface area contributed by atoms with Crippen LogP contribution in [0.25, 0.3) is 11.3 Å². The van der Waals surface area contributed by atoms with Crippen LogP contribution in [0.15, 0.2) is 59.1 Å². The van der Waals surface area contributed by atoms with Crippen LogP contribution < -0.4 is 0 Å². The Balaban J connectivity index is 1.44. The summed E-state index contributed by atoms with van der Waals surface area (Å²) < 4.78 is 11.2. The normalized spacial score (nSPS) is 15.2. The van der Waals surface area contributed by atoms with Crippen molar-refractivity contribution < 1.29 is 18.8 Å². The Labute approximate surface area is 214 Å². The molecule has 1 atom stereocenters. The molecule has 1 saturated heterocycles. The van der Waals surface area contributed by atoms with E-state index in [0.29, 0.717) is 41.1 Å². The Morgan fingerprint density at radius 3 is 2.63 bits per heavy atom. The van der Waals surface area contributed by atoms with Crippen LogP contribution in [0.3, 0.4) is 0 Å². The zero-order chi connectivity index (χ0) is 24.8. The third-order valence-electron chi connectivity index (χ3n) is 5.94. The fraction of sp³-hybridized carbons (Fsp3) is 0.346. The minimum absolute atomic E-state index is 0.0484. The van der Waals surface area contributed by atoms with E-state index in [2.05, 4.69) is 5.16 Å². The van der Waals surface area contributed by atoms with Crippen LogP contribution in [0.5, 0.6) is 0 Å². The summed E-state index contributed by atoms with van der Waals surface area (Å²) in [5.41, 5.74) is 1.78. The van der Waals surface area contributed by atoms with E-state index in [1.54, 1.807) is 41.1 Å². The highest BCUT2D eigenvalue weighted by Crippen LogP contribution is 2.31. The van der Waals surface area contributed by atoms with Gasteiger partial charge in [0, 0.05) is 56.4 Å². The molecule has 4 rings (SSSR count). The molecule has 0 N–H and O–H groups in total. The first kappa shape index (κ1) is 25.2. The highest BCUT2D eigenvalue weighted by Gasteiger charge is 2.27. The lowest BCUT2D eigenvalue weighted by Gasteiger charge is -2.25. The summed E-state index contributed by atoms with van der Waals surface area (Å²) in [5.74, 6) is -0.00219. The Kier molecular flexibility index (Phi) is 8.44. The van der Waals surface area contributed by atoms with Gasteiger partial charge in [-0.1, -0.05) is 58.7 Å². The van der Waals surface area contributed by atoms with Crippen LogP contribution in [-0.2, 0) is 16.1 Å². The van der Waals surface area contributed by atoms with Crippen molar-refractivity contribution in [1.82, 2.24) is 15.0 Å². The summed E-state index contributed by atoms with van der Waals surface area (Å²) in [6, 6.07) is 16.3. The molecule has 3 aromatic rings. The highest BCUT2D eigenvalue weighted by atomic mass is 35.5. The van der Waals surface area contributed by atoms with Gasteiger partial charge in [-0.05, 0) is 36.6 Å². The molecule has 1 aromatic heterocycles. The number of nitrogens with zero attached hydrogens (tertiary/aromatic N) is 3. The maximum absolute atomic E-state index is 13.4. The Hall–Kier alpha value is -2.87. The molecule has 9 heteroatoms. The van der Waals surface area contributed by atoms with E-state index < -0.39 is 0 Å². The zero-order valence-corrected chi connectivity index (χ0v) is 21.0. The van der Waals surface area contributed by atoms with Gasteiger partial charge in [0.2, 0.25) is 5.91 Å². The van der Waals surface area contributed by atoms with Crippen LogP contribution in [0.1, 0.15) is 35.3 Å². The molecule has 0 aliphatic carbocycles. The molecule has 2 amide bonds. The fourth-order valence-electron chi connectivity index (χ4n) is 4.03. The molecular formula is C26H27Cl2N3O4. The van der Waals surface area contributed by atoms with Crippen LogP contribution in [0.4, 0.5) is 0 Å². The standard InChI is InChI=1S/C26H27Cl2N3O4/c1-30(16-18-6-3-2-4-7-18)25(32)11-12-31(17-20-8-5-13-34-20)26(33)23-15-24(35-29-23)21-10-9-19(27)14-22(21)28/h2-4,6-7,9-10,14-15,20H,5,8,11-13,16-17H2,1H3/t20-/m0/s1. The third-order valence-corrected chi connectivity index (χ3v) is 6.49. The van der Waals surface area contributed by atoms with E-state index in [4.69, 9.17) is 32.5 Å². The van der Waals surface area contributed by atoms with Gasteiger partial charge in [-0.25, -0.2) is 0 Å². The van der Waals surface area contributed by atoms with E-state index in [0.717, 1.165) is 18.4 Å². The molecule has 2 heterocycles. The van der Waals surface area contributed by atoms with E-state index in [1.165, 1.54) is 0 Å². The number of carbonyl (C=O) groups excluding carboxylic acids is 2. The summed E-state index contributed by atoms with van der Waals surface area (Å²) >= 11 is 12.3. The number of hydrogen-bond acceptors (Lipinski definition) is 5. The maximum Gasteiger partial charge on any atom is 0.276 e. The molecule has 7 nitrogen and oxygen atoms in total. The van der Waals surface area contributed by atoms with Gasteiger partial charge in [0.05, 0.1) is 11.1 Å². The SMILES string of the molecule is CN(Cc1ccccc1)C(=O)CCN(C[C@@H]1CCCO1)C(=O)c1cc(-c2ccc(Cl)cc2Cl)on1. The van der Waals surface area contributed by atoms with Gasteiger partial charge < -0.3 is 19.1 Å². The van der Waals surface area contributed by atoms with Crippen molar-refractivity contribution in [2.45, 2.75) is 31.9 Å². The number of benzene rings is 2. The smallest absolute Gasteiger partial charge is 0.276 e. The molecule has 184 valence electrons. The summed E-state index contributed by atoms with van der Waals surface area (Å²) in [5, 5.41) is 4.87. The summed E-state index contributed by atoms with van der Waals surface area (Å²) in [7, 11) is 1.77. The molecule has 2 aromatic carbocycles. The van der Waals surface area contributed by atoms with Gasteiger partial charge in [-0.2, -0.15) is 0 Å². The summed E-state index contributed by atoms with van der Waals surface area (Å²) in [6.07, 6.45) is 1.95. The average molecular weight is 516 g/mol. The van der Waals surface area contributed by atoms with Crippen molar-refractivity contribution in [3.05, 3.63) is 75.9 Å². The molecule has 1 fully saturated rings. The van der Waals surface area contributed by atoms with Crippen LogP contribution in [-0.4, -0.2) is 59.6 Å². The maximum atomic E-state index is 13.4. The Bertz CT molecular complexity index is 1160. The van der Waals surface area contributed by atoms with Crippen LogP contribution in [0, 0.1) is 0 Å². The van der Waals surface area contributed by atoms with Crippen molar-refractivity contribution in [2.75, 3.05) is 26.7 Å². The van der Waals surface area contributed by atoms with E-state index in [9.17, 15) is 9.59 Å². The topological polar surface area (TPSA) is 75.9 Å². The predicted octanol–water partition coefficient (Wildman–Crippen LogP) is 5.32. The van der Waals surface area contributed by atoms with E-state index in [1.807, 2.05) is 30.3 Å². The molecule has 1 aliphatic rings. The molecule has 35 heavy (non-hydrogen) atoms. The lowest BCUT2D eigenvalue weighted by molar-refractivity contribution is -0.130. The lowest BCUT2D eigenvalue weighted by atomic mass is 10.1. The molecule has 0 spiro atoms. The van der Waals surface area contributed by atoms with Gasteiger partial charge >= 0.3 is 0 Å². The molecule has 0 bridgehead atoms. The number of rotatable bonds is 9. The summed E-state index contributed by atoms with van der Waals surface area (Å²) in [6.45, 7) is 1.82. The van der Waals surface area contributed by atoms with Gasteiger partial charge in [-0.3, -0.25) is 9.59 Å². The van der Waals surface area contributed by atoms with Crippen LogP contribution >= 0.6 is 23.2 Å². The first-order valence-electron chi connectivity index (χ1n) is 11.5. The second-order valence-electron chi connectivity index (χ2n) is 8.57. The van der Waals surface area contributed by atoms with Crippen molar-refractivity contribution in [3.8, 4) is 11.3 Å². The van der Waals surface area contributed by atoms with E-state index >= 15 is 0 Å². The average Bonchev–Trinajstić information content (AvgIpc) is 3.54. The second-order valence-corrected chi connectivity index (χ2v) is 9.42. The number of amides is 2. The minimum atomic E-state index is -0.320. The summed E-state index contributed by atoms with van der Waals surface area (Å²) in [4.78, 5) is 29.4. The fourth-order valence-corrected chi connectivity index (χ4v) is 4.53.